The number of rotatable bonds is 6. The van der Waals surface area contributed by atoms with E-state index in [9.17, 15) is 22.4 Å². The highest BCUT2D eigenvalue weighted by Crippen LogP contribution is 2.26. The largest absolute Gasteiger partial charge is 0.339 e. The summed E-state index contributed by atoms with van der Waals surface area (Å²) in [6.45, 7) is 2.69. The fourth-order valence-electron chi connectivity index (χ4n) is 3.69. The second-order valence-corrected chi connectivity index (χ2v) is 9.43. The van der Waals surface area contributed by atoms with Gasteiger partial charge in [-0.15, -0.1) is 0 Å². The molecular formula is C22H26FN3O4S. The number of para-hydroxylation sites is 2. The van der Waals surface area contributed by atoms with E-state index in [-0.39, 0.29) is 17.3 Å². The molecule has 1 atom stereocenters. The SMILES string of the molecule is C[C@@H](C(=O)Nc1ccccc1C(=O)N1CCCCC1)N(c1ccccc1F)S(C)(=O)=O. The van der Waals surface area contributed by atoms with Crippen LogP contribution in [0.3, 0.4) is 0 Å². The van der Waals surface area contributed by atoms with E-state index in [1.165, 1.54) is 25.1 Å². The zero-order valence-electron chi connectivity index (χ0n) is 17.5. The third-order valence-corrected chi connectivity index (χ3v) is 6.46. The van der Waals surface area contributed by atoms with Gasteiger partial charge in [-0.2, -0.15) is 0 Å². The van der Waals surface area contributed by atoms with E-state index in [0.29, 0.717) is 18.7 Å². The number of carbonyl (C=O) groups is 2. The molecule has 2 amide bonds. The molecular weight excluding hydrogens is 421 g/mol. The van der Waals surface area contributed by atoms with E-state index in [1.54, 1.807) is 29.2 Å². The van der Waals surface area contributed by atoms with Crippen molar-refractivity contribution in [2.24, 2.45) is 0 Å². The Bertz CT molecular complexity index is 1070. The number of amides is 2. The van der Waals surface area contributed by atoms with Gasteiger partial charge in [0.1, 0.15) is 11.9 Å². The van der Waals surface area contributed by atoms with Crippen molar-refractivity contribution in [3.05, 3.63) is 59.9 Å². The number of halogens is 1. The molecule has 1 N–H and O–H groups in total. The van der Waals surface area contributed by atoms with Crippen LogP contribution in [0.1, 0.15) is 36.5 Å². The Morgan fingerprint density at radius 1 is 1.03 bits per heavy atom. The Morgan fingerprint density at radius 2 is 1.65 bits per heavy atom. The summed E-state index contributed by atoms with van der Waals surface area (Å²) in [4.78, 5) is 27.7. The number of sulfonamides is 1. The molecule has 1 aliphatic rings. The molecule has 0 unspecified atom stereocenters. The molecule has 0 aromatic heterocycles. The first-order valence-corrected chi connectivity index (χ1v) is 12.0. The molecule has 0 spiro atoms. The van der Waals surface area contributed by atoms with Gasteiger partial charge in [-0.1, -0.05) is 24.3 Å². The topological polar surface area (TPSA) is 86.8 Å². The van der Waals surface area contributed by atoms with E-state index in [4.69, 9.17) is 0 Å². The maximum Gasteiger partial charge on any atom is 0.255 e. The zero-order valence-corrected chi connectivity index (χ0v) is 18.4. The van der Waals surface area contributed by atoms with Crippen molar-refractivity contribution in [3.8, 4) is 0 Å². The van der Waals surface area contributed by atoms with Gasteiger partial charge in [0, 0.05) is 13.1 Å². The smallest absolute Gasteiger partial charge is 0.255 e. The number of anilines is 2. The van der Waals surface area contributed by atoms with Crippen LogP contribution in [-0.2, 0) is 14.8 Å². The van der Waals surface area contributed by atoms with E-state index in [2.05, 4.69) is 5.32 Å². The lowest BCUT2D eigenvalue weighted by atomic mass is 10.1. The molecule has 1 aliphatic heterocycles. The Hall–Kier alpha value is -2.94. The number of hydrogen-bond acceptors (Lipinski definition) is 4. The summed E-state index contributed by atoms with van der Waals surface area (Å²) in [7, 11) is -3.96. The zero-order chi connectivity index (χ0) is 22.6. The first kappa shape index (κ1) is 22.7. The second kappa shape index (κ2) is 9.47. The molecule has 2 aromatic rings. The van der Waals surface area contributed by atoms with Gasteiger partial charge in [-0.05, 0) is 50.5 Å². The van der Waals surface area contributed by atoms with Crippen LogP contribution in [0.15, 0.2) is 48.5 Å². The summed E-state index contributed by atoms with van der Waals surface area (Å²) >= 11 is 0. The van der Waals surface area contributed by atoms with E-state index in [1.807, 2.05) is 0 Å². The number of piperidine rings is 1. The van der Waals surface area contributed by atoms with Gasteiger partial charge in [0.2, 0.25) is 15.9 Å². The van der Waals surface area contributed by atoms with Gasteiger partial charge in [-0.3, -0.25) is 13.9 Å². The van der Waals surface area contributed by atoms with Crippen LogP contribution < -0.4 is 9.62 Å². The molecule has 166 valence electrons. The van der Waals surface area contributed by atoms with Crippen molar-refractivity contribution in [1.29, 1.82) is 0 Å². The minimum Gasteiger partial charge on any atom is -0.339 e. The summed E-state index contributed by atoms with van der Waals surface area (Å²) in [5.74, 6) is -1.61. The van der Waals surface area contributed by atoms with Crippen LogP contribution in [0.25, 0.3) is 0 Å². The maximum absolute atomic E-state index is 14.3. The highest BCUT2D eigenvalue weighted by molar-refractivity contribution is 7.92. The van der Waals surface area contributed by atoms with Crippen LogP contribution in [0.4, 0.5) is 15.8 Å². The van der Waals surface area contributed by atoms with Gasteiger partial charge in [0.25, 0.3) is 5.91 Å². The monoisotopic (exact) mass is 447 g/mol. The predicted octanol–water partition coefficient (Wildman–Crippen LogP) is 3.25. The van der Waals surface area contributed by atoms with Crippen LogP contribution in [-0.4, -0.2) is 50.5 Å². The number of nitrogens with one attached hydrogen (secondary N) is 1. The highest BCUT2D eigenvalue weighted by Gasteiger charge is 2.31. The van der Waals surface area contributed by atoms with E-state index < -0.39 is 27.8 Å². The molecule has 31 heavy (non-hydrogen) atoms. The normalized spacial score (nSPS) is 15.3. The van der Waals surface area contributed by atoms with Crippen LogP contribution in [0.5, 0.6) is 0 Å². The minimum absolute atomic E-state index is 0.183. The van der Waals surface area contributed by atoms with Gasteiger partial charge in [0.15, 0.2) is 0 Å². The first-order chi connectivity index (χ1) is 14.7. The summed E-state index contributed by atoms with van der Waals surface area (Å²) in [5, 5.41) is 2.66. The maximum atomic E-state index is 14.3. The van der Waals surface area contributed by atoms with Crippen molar-refractivity contribution in [1.82, 2.24) is 4.90 Å². The van der Waals surface area contributed by atoms with Crippen molar-refractivity contribution < 1.29 is 22.4 Å². The Labute approximate surface area is 181 Å². The quantitative estimate of drug-likeness (QED) is 0.737. The number of nitrogens with zero attached hydrogens (tertiary/aromatic N) is 2. The Morgan fingerprint density at radius 3 is 2.29 bits per heavy atom. The molecule has 1 saturated heterocycles. The van der Waals surface area contributed by atoms with Crippen LogP contribution in [0.2, 0.25) is 0 Å². The standard InChI is InChI=1S/C22H26FN3O4S/c1-16(26(31(2,29)30)20-13-7-5-11-18(20)23)21(27)24-19-12-6-4-10-17(19)22(28)25-14-8-3-9-15-25/h4-7,10-13,16H,3,8-9,14-15H2,1-2H3,(H,24,27)/t16-/m0/s1. The van der Waals surface area contributed by atoms with Crippen LogP contribution in [0, 0.1) is 5.82 Å². The molecule has 9 heteroatoms. The fraction of sp³-hybridized carbons (Fsp3) is 0.364. The van der Waals surface area contributed by atoms with Gasteiger partial charge >= 0.3 is 0 Å². The lowest BCUT2D eigenvalue weighted by Gasteiger charge is -2.29. The molecule has 7 nitrogen and oxygen atoms in total. The summed E-state index contributed by atoms with van der Waals surface area (Å²) in [6.07, 6.45) is 3.86. The first-order valence-electron chi connectivity index (χ1n) is 10.1. The minimum atomic E-state index is -3.96. The highest BCUT2D eigenvalue weighted by atomic mass is 32.2. The van der Waals surface area contributed by atoms with E-state index in [0.717, 1.165) is 35.9 Å². The molecule has 0 aliphatic carbocycles. The van der Waals surface area contributed by atoms with Crippen molar-refractivity contribution in [2.45, 2.75) is 32.2 Å². The molecule has 0 radical (unpaired) electrons. The lowest BCUT2D eigenvalue weighted by molar-refractivity contribution is -0.116. The third-order valence-electron chi connectivity index (χ3n) is 5.24. The number of benzene rings is 2. The third kappa shape index (κ3) is 5.22. The average Bonchev–Trinajstić information content (AvgIpc) is 2.75. The van der Waals surface area contributed by atoms with Crippen molar-refractivity contribution >= 4 is 33.2 Å². The molecule has 3 rings (SSSR count). The summed E-state index contributed by atoms with van der Waals surface area (Å²) in [5.41, 5.74) is 0.406. The number of carbonyl (C=O) groups excluding carboxylic acids is 2. The van der Waals surface area contributed by atoms with Crippen molar-refractivity contribution in [3.63, 3.8) is 0 Å². The molecule has 0 bridgehead atoms. The Kier molecular flexibility index (Phi) is 6.94. The summed E-state index contributed by atoms with van der Waals surface area (Å²) in [6, 6.07) is 10.7. The predicted molar refractivity (Wildman–Crippen MR) is 118 cm³/mol. The van der Waals surface area contributed by atoms with E-state index >= 15 is 0 Å². The number of likely N-dealkylation sites (tertiary alicyclic amines) is 1. The number of hydrogen-bond donors (Lipinski definition) is 1. The molecule has 1 fully saturated rings. The fourth-order valence-corrected chi connectivity index (χ4v) is 4.87. The lowest BCUT2D eigenvalue weighted by Crippen LogP contribution is -2.46. The Balaban J connectivity index is 1.87. The van der Waals surface area contributed by atoms with Crippen LogP contribution >= 0.6 is 0 Å². The average molecular weight is 448 g/mol. The molecule has 0 saturated carbocycles. The van der Waals surface area contributed by atoms with Gasteiger partial charge in [0.05, 0.1) is 23.2 Å². The molecule has 1 heterocycles. The summed E-state index contributed by atoms with van der Waals surface area (Å²) < 4.78 is 39.8. The molecule has 2 aromatic carbocycles. The van der Waals surface area contributed by atoms with Crippen molar-refractivity contribution in [2.75, 3.05) is 29.0 Å². The van der Waals surface area contributed by atoms with Gasteiger partial charge < -0.3 is 10.2 Å². The van der Waals surface area contributed by atoms with Gasteiger partial charge in [-0.25, -0.2) is 12.8 Å². The second-order valence-electron chi connectivity index (χ2n) is 7.57.